The smallest absolute Gasteiger partial charge is 0.356 e. The number of H-pyrrole nitrogens is 1. The van der Waals surface area contributed by atoms with Crippen molar-refractivity contribution in [3.63, 3.8) is 0 Å². The van der Waals surface area contributed by atoms with Gasteiger partial charge in [0.15, 0.2) is 0 Å². The Labute approximate surface area is 189 Å². The summed E-state index contributed by atoms with van der Waals surface area (Å²) in [6.45, 7) is 2.10. The number of nitrogens with zero attached hydrogens (tertiary/aromatic N) is 3. The molecule has 2 heterocycles. The Morgan fingerprint density at radius 3 is 2.75 bits per heavy atom. The Morgan fingerprint density at radius 1 is 1.16 bits per heavy atom. The fraction of sp³-hybridized carbons (Fsp3) is 0.130. The number of aromatic amines is 1. The predicted molar refractivity (Wildman–Crippen MR) is 120 cm³/mol. The number of benzene rings is 2. The second kappa shape index (κ2) is 9.07. The maximum atomic E-state index is 12.9. The zero-order valence-corrected chi connectivity index (χ0v) is 18.2. The summed E-state index contributed by atoms with van der Waals surface area (Å²) in [7, 11) is 1.31. The first-order chi connectivity index (χ1) is 15.5. The first-order valence-corrected chi connectivity index (χ1v) is 10.2. The van der Waals surface area contributed by atoms with Crippen molar-refractivity contribution in [3.05, 3.63) is 88.3 Å². The van der Waals surface area contributed by atoms with Gasteiger partial charge in [-0.25, -0.2) is 9.48 Å². The second-order valence-corrected chi connectivity index (χ2v) is 7.47. The van der Waals surface area contributed by atoms with Crippen LogP contribution in [0.15, 0.2) is 60.8 Å². The highest BCUT2D eigenvalue weighted by Crippen LogP contribution is 2.23. The van der Waals surface area contributed by atoms with Crippen LogP contribution >= 0.6 is 11.6 Å². The minimum Gasteiger partial charge on any atom is -0.464 e. The summed E-state index contributed by atoms with van der Waals surface area (Å²) in [4.78, 5) is 24.6. The maximum Gasteiger partial charge on any atom is 0.356 e. The number of hydrogen-bond donors (Lipinski definition) is 2. The molecule has 8 nitrogen and oxygen atoms in total. The summed E-state index contributed by atoms with van der Waals surface area (Å²) in [6, 6.07) is 16.4. The van der Waals surface area contributed by atoms with E-state index < -0.39 is 5.97 Å². The van der Waals surface area contributed by atoms with E-state index in [4.69, 9.17) is 16.3 Å². The standard InChI is InChI=1S/C23H20ClN5O3/c1-14-19(13-26-29(14)17-8-5-7-16(24)10-17)22(30)25-12-15-6-3-4-9-18(15)20-11-21(28-27-20)23(31)32-2/h3-11,13H,12H2,1-2H3,(H,25,30)(H,27,28). The zero-order valence-electron chi connectivity index (χ0n) is 17.4. The summed E-state index contributed by atoms with van der Waals surface area (Å²) in [5, 5.41) is 14.7. The minimum atomic E-state index is -0.498. The number of amides is 1. The van der Waals surface area contributed by atoms with Gasteiger partial charge in [-0.2, -0.15) is 10.2 Å². The Hall–Kier alpha value is -3.91. The van der Waals surface area contributed by atoms with E-state index in [-0.39, 0.29) is 18.1 Å². The van der Waals surface area contributed by atoms with Gasteiger partial charge in [0.25, 0.3) is 5.91 Å². The molecule has 0 unspecified atom stereocenters. The third-order valence-electron chi connectivity index (χ3n) is 5.02. The van der Waals surface area contributed by atoms with E-state index in [1.165, 1.54) is 13.3 Å². The number of esters is 1. The largest absolute Gasteiger partial charge is 0.464 e. The lowest BCUT2D eigenvalue weighted by atomic mass is 10.0. The first kappa shape index (κ1) is 21.3. The molecule has 0 fully saturated rings. The Balaban J connectivity index is 1.52. The lowest BCUT2D eigenvalue weighted by Gasteiger charge is -2.10. The zero-order chi connectivity index (χ0) is 22.7. The molecule has 162 valence electrons. The maximum absolute atomic E-state index is 12.9. The van der Waals surface area contributed by atoms with E-state index in [0.29, 0.717) is 22.0 Å². The van der Waals surface area contributed by atoms with E-state index in [1.807, 2.05) is 43.3 Å². The summed E-state index contributed by atoms with van der Waals surface area (Å²) in [5.41, 5.74) is 4.43. The van der Waals surface area contributed by atoms with E-state index in [1.54, 1.807) is 22.9 Å². The Bertz CT molecular complexity index is 1290. The highest BCUT2D eigenvalue weighted by Gasteiger charge is 2.17. The molecule has 0 aliphatic rings. The van der Waals surface area contributed by atoms with Crippen molar-refractivity contribution < 1.29 is 14.3 Å². The van der Waals surface area contributed by atoms with Crippen LogP contribution < -0.4 is 5.32 Å². The molecule has 0 bridgehead atoms. The number of carbonyl (C=O) groups is 2. The predicted octanol–water partition coefficient (Wildman–Crippen LogP) is 3.94. The van der Waals surface area contributed by atoms with E-state index in [2.05, 4.69) is 20.6 Å². The van der Waals surface area contributed by atoms with Crippen LogP contribution in [0.2, 0.25) is 5.02 Å². The minimum absolute atomic E-state index is 0.247. The summed E-state index contributed by atoms with van der Waals surface area (Å²) in [5.74, 6) is -0.746. The van der Waals surface area contributed by atoms with Crippen LogP contribution in [0.4, 0.5) is 0 Å². The number of nitrogens with one attached hydrogen (secondary N) is 2. The lowest BCUT2D eigenvalue weighted by Crippen LogP contribution is -2.23. The van der Waals surface area contributed by atoms with Crippen LogP contribution in [0.25, 0.3) is 16.9 Å². The number of rotatable bonds is 6. The van der Waals surface area contributed by atoms with Crippen LogP contribution in [0.5, 0.6) is 0 Å². The molecule has 0 saturated heterocycles. The highest BCUT2D eigenvalue weighted by atomic mass is 35.5. The van der Waals surface area contributed by atoms with Crippen molar-refractivity contribution in [2.75, 3.05) is 7.11 Å². The normalized spacial score (nSPS) is 10.7. The van der Waals surface area contributed by atoms with Gasteiger partial charge in [0.1, 0.15) is 5.69 Å². The average molecular weight is 450 g/mol. The molecule has 0 saturated carbocycles. The van der Waals surface area contributed by atoms with Gasteiger partial charge in [-0.1, -0.05) is 41.9 Å². The number of methoxy groups -OCH3 is 1. The molecule has 2 aromatic carbocycles. The molecule has 4 aromatic rings. The Morgan fingerprint density at radius 2 is 1.97 bits per heavy atom. The fourth-order valence-corrected chi connectivity index (χ4v) is 3.55. The number of ether oxygens (including phenoxy) is 1. The molecule has 0 aliphatic carbocycles. The van der Waals surface area contributed by atoms with Crippen LogP contribution in [0.3, 0.4) is 0 Å². The van der Waals surface area contributed by atoms with Crippen LogP contribution in [-0.2, 0) is 11.3 Å². The van der Waals surface area contributed by atoms with E-state index in [9.17, 15) is 9.59 Å². The van der Waals surface area contributed by atoms with E-state index >= 15 is 0 Å². The SMILES string of the molecule is COC(=O)c1cc(-c2ccccc2CNC(=O)c2cnn(-c3cccc(Cl)c3)c2C)n[nH]1. The van der Waals surface area contributed by atoms with Gasteiger partial charge in [0.2, 0.25) is 0 Å². The molecule has 2 N–H and O–H groups in total. The summed E-state index contributed by atoms with van der Waals surface area (Å²) >= 11 is 6.07. The highest BCUT2D eigenvalue weighted by molar-refractivity contribution is 6.30. The molecule has 4 rings (SSSR count). The first-order valence-electron chi connectivity index (χ1n) is 9.78. The van der Waals surface area contributed by atoms with Gasteiger partial charge < -0.3 is 10.1 Å². The molecule has 2 aromatic heterocycles. The monoisotopic (exact) mass is 449 g/mol. The third-order valence-corrected chi connectivity index (χ3v) is 5.26. The van der Waals surface area contributed by atoms with Gasteiger partial charge in [0.05, 0.1) is 35.9 Å². The summed E-state index contributed by atoms with van der Waals surface area (Å²) < 4.78 is 6.39. The van der Waals surface area contributed by atoms with Gasteiger partial charge in [-0.15, -0.1) is 0 Å². The third kappa shape index (κ3) is 4.26. The van der Waals surface area contributed by atoms with Crippen LogP contribution in [0, 0.1) is 6.92 Å². The van der Waals surface area contributed by atoms with Gasteiger partial charge in [-0.05, 0) is 36.8 Å². The fourth-order valence-electron chi connectivity index (χ4n) is 3.37. The molecule has 9 heteroatoms. The number of hydrogen-bond acceptors (Lipinski definition) is 5. The van der Waals surface area contributed by atoms with Gasteiger partial charge in [0, 0.05) is 17.1 Å². The van der Waals surface area contributed by atoms with Crippen LogP contribution in [-0.4, -0.2) is 39.0 Å². The molecule has 0 radical (unpaired) electrons. The Kier molecular flexibility index (Phi) is 6.04. The molecule has 32 heavy (non-hydrogen) atoms. The van der Waals surface area contributed by atoms with Crippen LogP contribution in [0.1, 0.15) is 32.1 Å². The quantitative estimate of drug-likeness (QED) is 0.434. The molecular formula is C23H20ClN5O3. The number of carbonyl (C=O) groups excluding carboxylic acids is 2. The van der Waals surface area contributed by atoms with Crippen molar-refractivity contribution in [3.8, 4) is 16.9 Å². The van der Waals surface area contributed by atoms with Crippen molar-refractivity contribution in [1.29, 1.82) is 0 Å². The number of halogens is 1. The summed E-state index contributed by atoms with van der Waals surface area (Å²) in [6.07, 6.45) is 1.54. The van der Waals surface area contributed by atoms with Crippen molar-refractivity contribution in [1.82, 2.24) is 25.3 Å². The molecular weight excluding hydrogens is 430 g/mol. The average Bonchev–Trinajstić information content (AvgIpc) is 3.44. The van der Waals surface area contributed by atoms with Gasteiger partial charge in [-0.3, -0.25) is 9.89 Å². The van der Waals surface area contributed by atoms with Crippen molar-refractivity contribution in [2.45, 2.75) is 13.5 Å². The molecule has 1 amide bonds. The molecule has 0 aliphatic heterocycles. The second-order valence-electron chi connectivity index (χ2n) is 7.03. The van der Waals surface area contributed by atoms with Crippen molar-refractivity contribution in [2.24, 2.45) is 0 Å². The molecule has 0 atom stereocenters. The number of aromatic nitrogens is 4. The molecule has 0 spiro atoms. The van der Waals surface area contributed by atoms with Gasteiger partial charge >= 0.3 is 5.97 Å². The van der Waals surface area contributed by atoms with Crippen molar-refractivity contribution >= 4 is 23.5 Å². The topological polar surface area (TPSA) is 102 Å². The lowest BCUT2D eigenvalue weighted by molar-refractivity contribution is 0.0594. The van der Waals surface area contributed by atoms with E-state index in [0.717, 1.165) is 16.8 Å².